The molecule has 4 nitrogen and oxygen atoms in total. The summed E-state index contributed by atoms with van der Waals surface area (Å²) in [5, 5.41) is 6.48. The minimum Gasteiger partial charge on any atom is -0.489 e. The van der Waals surface area contributed by atoms with Crippen molar-refractivity contribution in [1.82, 2.24) is 10.6 Å². The Bertz CT molecular complexity index is 700. The zero-order valence-electron chi connectivity index (χ0n) is 16.5. The quantitative estimate of drug-likeness (QED) is 0.690. The molecule has 1 aliphatic rings. The first-order valence-electron chi connectivity index (χ1n) is 9.94. The SMILES string of the molecule is CC(CC(=O)NCc1ccc(OCc2ccccc2)cc1)C1CCCNC1.Cl. The Morgan fingerprint density at radius 1 is 1.14 bits per heavy atom. The highest BCUT2D eigenvalue weighted by molar-refractivity contribution is 5.85. The van der Waals surface area contributed by atoms with E-state index in [1.807, 2.05) is 54.6 Å². The molecule has 2 aromatic rings. The zero-order chi connectivity index (χ0) is 18.9. The minimum atomic E-state index is 0. The van der Waals surface area contributed by atoms with Gasteiger partial charge in [-0.1, -0.05) is 49.4 Å². The van der Waals surface area contributed by atoms with Crippen LogP contribution in [0.15, 0.2) is 54.6 Å². The summed E-state index contributed by atoms with van der Waals surface area (Å²) < 4.78 is 5.80. The molecular formula is C23H31ClN2O2. The summed E-state index contributed by atoms with van der Waals surface area (Å²) in [5.41, 5.74) is 2.23. The van der Waals surface area contributed by atoms with Crippen LogP contribution >= 0.6 is 12.4 Å². The number of piperidine rings is 1. The summed E-state index contributed by atoms with van der Waals surface area (Å²) in [6.07, 6.45) is 3.05. The maximum Gasteiger partial charge on any atom is 0.220 e. The van der Waals surface area contributed by atoms with Crippen LogP contribution in [0.4, 0.5) is 0 Å². The molecule has 0 saturated carbocycles. The van der Waals surface area contributed by atoms with E-state index in [-0.39, 0.29) is 18.3 Å². The average molecular weight is 403 g/mol. The Morgan fingerprint density at radius 2 is 1.89 bits per heavy atom. The van der Waals surface area contributed by atoms with Gasteiger partial charge in [0.05, 0.1) is 0 Å². The van der Waals surface area contributed by atoms with Gasteiger partial charge in [-0.3, -0.25) is 4.79 Å². The molecular weight excluding hydrogens is 372 g/mol. The van der Waals surface area contributed by atoms with Crippen LogP contribution in [0.3, 0.4) is 0 Å². The maximum atomic E-state index is 12.2. The van der Waals surface area contributed by atoms with E-state index in [9.17, 15) is 4.79 Å². The van der Waals surface area contributed by atoms with E-state index in [0.29, 0.717) is 31.4 Å². The standard InChI is InChI=1S/C23H30N2O2.ClH/c1-18(21-8-5-13-24-16-21)14-23(26)25-15-19-9-11-22(12-10-19)27-17-20-6-3-2-4-7-20;/h2-4,6-7,9-12,18,21,24H,5,8,13-17H2,1H3,(H,25,26);1H. The van der Waals surface area contributed by atoms with Gasteiger partial charge in [0.25, 0.3) is 0 Å². The van der Waals surface area contributed by atoms with Gasteiger partial charge in [-0.05, 0) is 61.0 Å². The number of amides is 1. The Labute approximate surface area is 174 Å². The Morgan fingerprint density at radius 3 is 2.57 bits per heavy atom. The van der Waals surface area contributed by atoms with Crippen LogP contribution in [0, 0.1) is 11.8 Å². The third-order valence-corrected chi connectivity index (χ3v) is 5.31. The molecule has 0 aromatic heterocycles. The first kappa shape index (κ1) is 22.3. The fourth-order valence-corrected chi connectivity index (χ4v) is 3.54. The molecule has 1 heterocycles. The summed E-state index contributed by atoms with van der Waals surface area (Å²) in [5.74, 6) is 2.02. The summed E-state index contributed by atoms with van der Waals surface area (Å²) in [4.78, 5) is 12.2. The number of hydrogen-bond donors (Lipinski definition) is 2. The largest absolute Gasteiger partial charge is 0.489 e. The molecule has 0 aliphatic carbocycles. The second kappa shape index (κ2) is 11.7. The molecule has 2 N–H and O–H groups in total. The van der Waals surface area contributed by atoms with Crippen LogP contribution in [0.5, 0.6) is 5.75 Å². The van der Waals surface area contributed by atoms with Crippen molar-refractivity contribution >= 4 is 18.3 Å². The fraction of sp³-hybridized carbons (Fsp3) is 0.435. The van der Waals surface area contributed by atoms with E-state index in [1.165, 1.54) is 12.8 Å². The number of nitrogens with one attached hydrogen (secondary N) is 2. The van der Waals surface area contributed by atoms with E-state index in [1.54, 1.807) is 0 Å². The van der Waals surface area contributed by atoms with Gasteiger partial charge in [-0.15, -0.1) is 12.4 Å². The Kier molecular flexibility index (Phi) is 9.32. The van der Waals surface area contributed by atoms with Crippen molar-refractivity contribution in [3.8, 4) is 5.75 Å². The van der Waals surface area contributed by atoms with Crippen molar-refractivity contribution in [2.24, 2.45) is 11.8 Å². The van der Waals surface area contributed by atoms with Gasteiger partial charge < -0.3 is 15.4 Å². The number of ether oxygens (including phenoxy) is 1. The van der Waals surface area contributed by atoms with Gasteiger partial charge in [-0.25, -0.2) is 0 Å². The summed E-state index contributed by atoms with van der Waals surface area (Å²) in [7, 11) is 0. The fourth-order valence-electron chi connectivity index (χ4n) is 3.54. The van der Waals surface area contributed by atoms with Crippen LogP contribution in [0.2, 0.25) is 0 Å². The van der Waals surface area contributed by atoms with Gasteiger partial charge in [-0.2, -0.15) is 0 Å². The highest BCUT2D eigenvalue weighted by Gasteiger charge is 2.21. The maximum absolute atomic E-state index is 12.2. The van der Waals surface area contributed by atoms with Crippen molar-refractivity contribution in [3.05, 3.63) is 65.7 Å². The molecule has 0 bridgehead atoms. The molecule has 1 fully saturated rings. The molecule has 0 spiro atoms. The minimum absolute atomic E-state index is 0. The number of benzene rings is 2. The highest BCUT2D eigenvalue weighted by Crippen LogP contribution is 2.22. The molecule has 1 aliphatic heterocycles. The smallest absolute Gasteiger partial charge is 0.220 e. The van der Waals surface area contributed by atoms with Crippen LogP contribution in [-0.2, 0) is 17.9 Å². The second-order valence-electron chi connectivity index (χ2n) is 7.48. The van der Waals surface area contributed by atoms with Crippen molar-refractivity contribution in [2.75, 3.05) is 13.1 Å². The van der Waals surface area contributed by atoms with E-state index in [2.05, 4.69) is 17.6 Å². The Hall–Kier alpha value is -2.04. The van der Waals surface area contributed by atoms with Crippen molar-refractivity contribution < 1.29 is 9.53 Å². The van der Waals surface area contributed by atoms with Crippen molar-refractivity contribution in [1.29, 1.82) is 0 Å². The van der Waals surface area contributed by atoms with Gasteiger partial charge in [0.1, 0.15) is 12.4 Å². The third-order valence-electron chi connectivity index (χ3n) is 5.31. The van der Waals surface area contributed by atoms with Gasteiger partial charge in [0.15, 0.2) is 0 Å². The van der Waals surface area contributed by atoms with Gasteiger partial charge in [0, 0.05) is 13.0 Å². The van der Waals surface area contributed by atoms with E-state index in [4.69, 9.17) is 4.74 Å². The van der Waals surface area contributed by atoms with E-state index < -0.39 is 0 Å². The van der Waals surface area contributed by atoms with Crippen LogP contribution in [0.25, 0.3) is 0 Å². The van der Waals surface area contributed by atoms with E-state index in [0.717, 1.165) is 30.0 Å². The van der Waals surface area contributed by atoms with Gasteiger partial charge in [0.2, 0.25) is 5.91 Å². The molecule has 3 rings (SSSR count). The molecule has 1 saturated heterocycles. The second-order valence-corrected chi connectivity index (χ2v) is 7.48. The predicted octanol–water partition coefficient (Wildman–Crippen LogP) is 4.33. The zero-order valence-corrected chi connectivity index (χ0v) is 17.3. The molecule has 1 amide bonds. The van der Waals surface area contributed by atoms with E-state index >= 15 is 0 Å². The number of carbonyl (C=O) groups is 1. The molecule has 2 unspecified atom stereocenters. The molecule has 2 aromatic carbocycles. The normalized spacial score (nSPS) is 17.2. The summed E-state index contributed by atoms with van der Waals surface area (Å²) in [6.45, 7) is 5.47. The lowest BCUT2D eigenvalue weighted by molar-refractivity contribution is -0.122. The number of rotatable bonds is 8. The monoisotopic (exact) mass is 402 g/mol. The van der Waals surface area contributed by atoms with Crippen LogP contribution in [0.1, 0.15) is 37.3 Å². The van der Waals surface area contributed by atoms with Crippen molar-refractivity contribution in [3.63, 3.8) is 0 Å². The lowest BCUT2D eigenvalue weighted by Crippen LogP contribution is -2.35. The summed E-state index contributed by atoms with van der Waals surface area (Å²) in [6, 6.07) is 18.1. The number of halogens is 1. The Balaban J connectivity index is 0.00000280. The van der Waals surface area contributed by atoms with Crippen LogP contribution in [-0.4, -0.2) is 19.0 Å². The van der Waals surface area contributed by atoms with Gasteiger partial charge >= 0.3 is 0 Å². The molecule has 5 heteroatoms. The topological polar surface area (TPSA) is 50.4 Å². The third kappa shape index (κ3) is 7.17. The molecule has 2 atom stereocenters. The molecule has 152 valence electrons. The number of hydrogen-bond acceptors (Lipinski definition) is 3. The molecule has 28 heavy (non-hydrogen) atoms. The average Bonchev–Trinajstić information content (AvgIpc) is 2.73. The first-order valence-corrected chi connectivity index (χ1v) is 9.94. The highest BCUT2D eigenvalue weighted by atomic mass is 35.5. The lowest BCUT2D eigenvalue weighted by Gasteiger charge is -2.28. The first-order chi connectivity index (χ1) is 13.2. The summed E-state index contributed by atoms with van der Waals surface area (Å²) >= 11 is 0. The number of carbonyl (C=O) groups excluding carboxylic acids is 1. The molecule has 0 radical (unpaired) electrons. The van der Waals surface area contributed by atoms with Crippen LogP contribution < -0.4 is 15.4 Å². The predicted molar refractivity (Wildman–Crippen MR) is 116 cm³/mol. The van der Waals surface area contributed by atoms with Crippen molar-refractivity contribution in [2.45, 2.75) is 39.3 Å². The lowest BCUT2D eigenvalue weighted by atomic mass is 9.85.